The van der Waals surface area contributed by atoms with Crippen molar-refractivity contribution in [3.8, 4) is 11.3 Å². The summed E-state index contributed by atoms with van der Waals surface area (Å²) in [5.41, 5.74) is -0.897. The maximum Gasteiger partial charge on any atom is 0.311 e. The molecule has 1 saturated heterocycles. The molecule has 0 aliphatic carbocycles. The maximum atomic E-state index is 14.3. The highest BCUT2D eigenvalue weighted by atomic mass is 35.5. The Hall–Kier alpha value is -2.41. The summed E-state index contributed by atoms with van der Waals surface area (Å²) in [5.74, 6) is -1.78. The van der Waals surface area contributed by atoms with Crippen molar-refractivity contribution < 1.29 is 23.6 Å². The molecule has 2 heterocycles. The molecule has 138 valence electrons. The molecule has 1 aliphatic heterocycles. The van der Waals surface area contributed by atoms with E-state index in [9.17, 15) is 19.1 Å². The molecule has 0 radical (unpaired) electrons. The summed E-state index contributed by atoms with van der Waals surface area (Å²) in [7, 11) is 0. The first-order valence-electron chi connectivity index (χ1n) is 8.18. The lowest BCUT2D eigenvalue weighted by molar-refractivity contribution is -0.150. The highest BCUT2D eigenvalue weighted by Gasteiger charge is 2.41. The third kappa shape index (κ3) is 3.07. The van der Waals surface area contributed by atoms with Crippen molar-refractivity contribution in [3.63, 3.8) is 0 Å². The van der Waals surface area contributed by atoms with Crippen LogP contribution in [0.5, 0.6) is 0 Å². The minimum absolute atomic E-state index is 0.00706. The zero-order valence-electron chi connectivity index (χ0n) is 14.4. The Morgan fingerprint density at radius 1 is 1.42 bits per heavy atom. The summed E-state index contributed by atoms with van der Waals surface area (Å²) in [4.78, 5) is 26.1. The molecule has 1 N–H and O–H groups in total. The molecule has 0 saturated carbocycles. The van der Waals surface area contributed by atoms with Gasteiger partial charge in [-0.05, 0) is 38.8 Å². The summed E-state index contributed by atoms with van der Waals surface area (Å²) in [6.45, 7) is 3.65. The van der Waals surface area contributed by atoms with E-state index in [2.05, 4.69) is 5.16 Å². The van der Waals surface area contributed by atoms with Crippen molar-refractivity contribution in [3.05, 3.63) is 40.4 Å². The van der Waals surface area contributed by atoms with Crippen LogP contribution in [-0.4, -0.2) is 40.1 Å². The minimum atomic E-state index is -1.02. The van der Waals surface area contributed by atoms with Gasteiger partial charge >= 0.3 is 5.97 Å². The van der Waals surface area contributed by atoms with Crippen LogP contribution in [0.3, 0.4) is 0 Å². The third-order valence-electron chi connectivity index (χ3n) is 4.78. The Morgan fingerprint density at radius 3 is 2.81 bits per heavy atom. The van der Waals surface area contributed by atoms with E-state index in [1.54, 1.807) is 13.8 Å². The molecule has 8 heteroatoms. The first kappa shape index (κ1) is 18.4. The highest BCUT2D eigenvalue weighted by Crippen LogP contribution is 2.36. The number of rotatable bonds is 3. The number of benzene rings is 1. The lowest BCUT2D eigenvalue weighted by Crippen LogP contribution is -2.48. The molecule has 1 aliphatic rings. The van der Waals surface area contributed by atoms with Crippen molar-refractivity contribution in [1.82, 2.24) is 10.1 Å². The van der Waals surface area contributed by atoms with Gasteiger partial charge in [0.15, 0.2) is 0 Å². The number of carbonyl (C=O) groups excluding carboxylic acids is 1. The van der Waals surface area contributed by atoms with E-state index in [1.807, 2.05) is 0 Å². The number of aliphatic carboxylic acids is 1. The van der Waals surface area contributed by atoms with Crippen LogP contribution in [0.4, 0.5) is 4.39 Å². The van der Waals surface area contributed by atoms with Gasteiger partial charge in [0, 0.05) is 13.1 Å². The van der Waals surface area contributed by atoms with Gasteiger partial charge in [-0.2, -0.15) is 0 Å². The van der Waals surface area contributed by atoms with Crippen molar-refractivity contribution in [2.45, 2.75) is 26.7 Å². The number of nitrogens with zero attached hydrogens (tertiary/aromatic N) is 2. The number of halogens is 2. The second kappa shape index (κ2) is 6.72. The fourth-order valence-electron chi connectivity index (χ4n) is 3.26. The first-order valence-corrected chi connectivity index (χ1v) is 8.56. The third-order valence-corrected chi connectivity index (χ3v) is 5.09. The molecule has 1 aromatic carbocycles. The normalized spacial score (nSPS) is 20.2. The topological polar surface area (TPSA) is 83.6 Å². The number of aromatic nitrogens is 1. The summed E-state index contributed by atoms with van der Waals surface area (Å²) < 4.78 is 19.4. The lowest BCUT2D eigenvalue weighted by Gasteiger charge is -2.37. The molecule has 6 nitrogen and oxygen atoms in total. The standard InChI is InChI=1S/C18H18ClFN2O4/c1-10-13(15(21-26-10)14-11(19)5-3-6-12(14)20)16(23)22-8-4-7-18(2,9-22)17(24)25/h3,5-6H,4,7-9H2,1-2H3,(H,24,25). The monoisotopic (exact) mass is 380 g/mol. The second-order valence-corrected chi connectivity index (χ2v) is 7.16. The molecule has 1 amide bonds. The Morgan fingerprint density at radius 2 is 2.15 bits per heavy atom. The lowest BCUT2D eigenvalue weighted by atomic mass is 9.82. The number of amides is 1. The number of aryl methyl sites for hydroxylation is 1. The van der Waals surface area contributed by atoms with E-state index in [0.29, 0.717) is 19.4 Å². The van der Waals surface area contributed by atoms with Gasteiger partial charge in [0.1, 0.15) is 22.8 Å². The zero-order valence-corrected chi connectivity index (χ0v) is 15.1. The highest BCUT2D eigenvalue weighted by molar-refractivity contribution is 6.33. The zero-order chi connectivity index (χ0) is 19.1. The molecule has 0 bridgehead atoms. The van der Waals surface area contributed by atoms with Crippen LogP contribution in [-0.2, 0) is 4.79 Å². The van der Waals surface area contributed by atoms with Gasteiger partial charge in [0.05, 0.1) is 16.0 Å². The molecule has 1 fully saturated rings. The van der Waals surface area contributed by atoms with Crippen LogP contribution < -0.4 is 0 Å². The largest absolute Gasteiger partial charge is 0.481 e. The smallest absolute Gasteiger partial charge is 0.311 e. The Kier molecular flexibility index (Phi) is 4.75. The van der Waals surface area contributed by atoms with E-state index in [-0.39, 0.29) is 34.1 Å². The van der Waals surface area contributed by atoms with Crippen LogP contribution in [0.15, 0.2) is 22.7 Å². The summed E-state index contributed by atoms with van der Waals surface area (Å²) in [5, 5.41) is 13.4. The quantitative estimate of drug-likeness (QED) is 0.876. The van der Waals surface area contributed by atoms with Gasteiger partial charge in [0.25, 0.3) is 5.91 Å². The van der Waals surface area contributed by atoms with E-state index >= 15 is 0 Å². The number of hydrogen-bond donors (Lipinski definition) is 1. The fraction of sp³-hybridized carbons (Fsp3) is 0.389. The molecule has 26 heavy (non-hydrogen) atoms. The van der Waals surface area contributed by atoms with E-state index < -0.39 is 23.1 Å². The van der Waals surface area contributed by atoms with E-state index in [1.165, 1.54) is 23.1 Å². The van der Waals surface area contributed by atoms with Crippen LogP contribution >= 0.6 is 11.6 Å². The molecule has 0 spiro atoms. The van der Waals surface area contributed by atoms with Gasteiger partial charge in [0.2, 0.25) is 0 Å². The minimum Gasteiger partial charge on any atom is -0.481 e. The summed E-state index contributed by atoms with van der Waals surface area (Å²) in [6.07, 6.45) is 1.05. The van der Waals surface area contributed by atoms with E-state index in [0.717, 1.165) is 0 Å². The van der Waals surface area contributed by atoms with Crippen LogP contribution in [0.1, 0.15) is 35.9 Å². The Balaban J connectivity index is 2.02. The van der Waals surface area contributed by atoms with Gasteiger partial charge in [-0.25, -0.2) is 4.39 Å². The molecule has 1 unspecified atom stereocenters. The fourth-order valence-corrected chi connectivity index (χ4v) is 3.52. The molecular formula is C18H18ClFN2O4. The number of hydrogen-bond acceptors (Lipinski definition) is 4. The van der Waals surface area contributed by atoms with Crippen LogP contribution in [0.2, 0.25) is 5.02 Å². The summed E-state index contributed by atoms with van der Waals surface area (Å²) >= 11 is 6.10. The predicted molar refractivity (Wildman–Crippen MR) is 92.5 cm³/mol. The average molecular weight is 381 g/mol. The number of carboxylic acids is 1. The van der Waals surface area contributed by atoms with Crippen LogP contribution in [0, 0.1) is 18.2 Å². The molecule has 1 atom stereocenters. The second-order valence-electron chi connectivity index (χ2n) is 6.76. The van der Waals surface area contributed by atoms with Gasteiger partial charge in [-0.15, -0.1) is 0 Å². The van der Waals surface area contributed by atoms with Gasteiger partial charge in [-0.1, -0.05) is 22.8 Å². The van der Waals surface area contributed by atoms with E-state index in [4.69, 9.17) is 16.1 Å². The molecule has 1 aromatic heterocycles. The first-order chi connectivity index (χ1) is 12.2. The maximum absolute atomic E-state index is 14.3. The van der Waals surface area contributed by atoms with Crippen molar-refractivity contribution in [2.24, 2.45) is 5.41 Å². The number of carboxylic acid groups (broad SMARTS) is 1. The van der Waals surface area contributed by atoms with Crippen molar-refractivity contribution >= 4 is 23.5 Å². The van der Waals surface area contributed by atoms with Crippen molar-refractivity contribution in [1.29, 1.82) is 0 Å². The Bertz CT molecular complexity index is 862. The number of piperidine rings is 1. The Labute approximate surface area is 154 Å². The molecule has 2 aromatic rings. The predicted octanol–water partition coefficient (Wildman–Crippen LogP) is 3.77. The summed E-state index contributed by atoms with van der Waals surface area (Å²) in [6, 6.07) is 4.18. The molecule has 3 rings (SSSR count). The average Bonchev–Trinajstić information content (AvgIpc) is 2.95. The van der Waals surface area contributed by atoms with Crippen molar-refractivity contribution in [2.75, 3.05) is 13.1 Å². The SMILES string of the molecule is Cc1onc(-c2c(F)cccc2Cl)c1C(=O)N1CCCC(C)(C(=O)O)C1. The van der Waals surface area contributed by atoms with Gasteiger partial charge in [-0.3, -0.25) is 9.59 Å². The number of likely N-dealkylation sites (tertiary alicyclic amines) is 1. The number of carbonyl (C=O) groups is 2. The molecular weight excluding hydrogens is 363 g/mol. The van der Waals surface area contributed by atoms with Crippen LogP contribution in [0.25, 0.3) is 11.3 Å². The van der Waals surface area contributed by atoms with Gasteiger partial charge < -0.3 is 14.5 Å².